The number of halogens is 1. The number of hydrogen-bond donors (Lipinski definition) is 0. The van der Waals surface area contributed by atoms with Crippen LogP contribution < -0.4 is 0 Å². The molecule has 4 aromatic rings. The van der Waals surface area contributed by atoms with E-state index < -0.39 is 0 Å². The largest absolute Gasteiger partial charge is 0.290 e. The van der Waals surface area contributed by atoms with E-state index in [1.807, 2.05) is 24.3 Å². The van der Waals surface area contributed by atoms with Gasteiger partial charge in [0.25, 0.3) is 0 Å². The molecule has 27 heavy (non-hydrogen) atoms. The minimum atomic E-state index is -0.230. The minimum absolute atomic E-state index is 0.124. The Hall–Kier alpha value is -3.04. The van der Waals surface area contributed by atoms with Crippen LogP contribution in [0.25, 0.3) is 10.8 Å². The van der Waals surface area contributed by atoms with Crippen molar-refractivity contribution in [1.82, 2.24) is 9.88 Å². The van der Waals surface area contributed by atoms with Crippen LogP contribution in [0.3, 0.4) is 0 Å². The maximum Gasteiger partial charge on any atom is 0.123 e. The highest BCUT2D eigenvalue weighted by Gasteiger charge is 2.21. The van der Waals surface area contributed by atoms with Crippen LogP contribution in [0.2, 0.25) is 0 Å². The average molecular weight is 356 g/mol. The van der Waals surface area contributed by atoms with E-state index in [9.17, 15) is 4.39 Å². The Labute approximate surface area is 158 Å². The number of pyridine rings is 1. The molecule has 3 aromatic carbocycles. The van der Waals surface area contributed by atoms with Gasteiger partial charge in [-0.05, 0) is 53.2 Å². The molecule has 0 fully saturated rings. The first-order chi connectivity index (χ1) is 13.2. The lowest BCUT2D eigenvalue weighted by molar-refractivity contribution is 0.266. The summed E-state index contributed by atoms with van der Waals surface area (Å²) in [4.78, 5) is 6.77. The van der Waals surface area contributed by atoms with Crippen LogP contribution in [0, 0.1) is 5.82 Å². The third kappa shape index (κ3) is 3.74. The Morgan fingerprint density at radius 2 is 1.67 bits per heavy atom. The fourth-order valence-electron chi connectivity index (χ4n) is 3.66. The van der Waals surface area contributed by atoms with E-state index in [1.54, 1.807) is 18.3 Å². The molecular weight excluding hydrogens is 335 g/mol. The van der Waals surface area contributed by atoms with Crippen LogP contribution in [-0.4, -0.2) is 16.9 Å². The molecule has 0 saturated heterocycles. The fourth-order valence-corrected chi connectivity index (χ4v) is 3.66. The maximum atomic E-state index is 13.9. The molecule has 0 bridgehead atoms. The van der Waals surface area contributed by atoms with Crippen molar-refractivity contribution in [2.24, 2.45) is 0 Å². The van der Waals surface area contributed by atoms with E-state index in [4.69, 9.17) is 0 Å². The van der Waals surface area contributed by atoms with Crippen LogP contribution in [-0.2, 0) is 6.54 Å². The van der Waals surface area contributed by atoms with Crippen LogP contribution >= 0.6 is 0 Å². The highest BCUT2D eigenvalue weighted by molar-refractivity contribution is 5.85. The van der Waals surface area contributed by atoms with Crippen LogP contribution in [0.15, 0.2) is 91.1 Å². The van der Waals surface area contributed by atoms with Gasteiger partial charge in [0.05, 0.1) is 11.7 Å². The highest BCUT2D eigenvalue weighted by atomic mass is 19.1. The Morgan fingerprint density at radius 1 is 0.889 bits per heavy atom. The number of rotatable bonds is 5. The first-order valence-electron chi connectivity index (χ1n) is 9.05. The zero-order chi connectivity index (χ0) is 18.6. The third-order valence-electron chi connectivity index (χ3n) is 4.87. The molecule has 1 unspecified atom stereocenters. The zero-order valence-corrected chi connectivity index (χ0v) is 15.2. The number of nitrogens with zero attached hydrogens (tertiary/aromatic N) is 2. The van der Waals surface area contributed by atoms with Gasteiger partial charge in [0.15, 0.2) is 0 Å². The molecule has 0 aliphatic rings. The van der Waals surface area contributed by atoms with E-state index in [1.165, 1.54) is 22.4 Å². The molecule has 0 amide bonds. The minimum Gasteiger partial charge on any atom is -0.290 e. The Balaban J connectivity index is 1.73. The zero-order valence-electron chi connectivity index (χ0n) is 15.2. The standard InChI is InChI=1S/C24H21FN2/c1-27(17-20-11-6-9-18-8-2-3-13-22(18)20)24(23-14-4-5-15-26-23)19-10-7-12-21(25)16-19/h2-16,24H,17H2,1H3. The molecule has 0 radical (unpaired) electrons. The molecule has 0 N–H and O–H groups in total. The Kier molecular flexibility index (Phi) is 4.95. The monoisotopic (exact) mass is 356 g/mol. The molecule has 0 aliphatic heterocycles. The normalized spacial score (nSPS) is 12.4. The van der Waals surface area contributed by atoms with Gasteiger partial charge in [-0.15, -0.1) is 0 Å². The predicted molar refractivity (Wildman–Crippen MR) is 108 cm³/mol. The quantitative estimate of drug-likeness (QED) is 0.463. The smallest absolute Gasteiger partial charge is 0.123 e. The molecule has 4 rings (SSSR count). The summed E-state index contributed by atoms with van der Waals surface area (Å²) in [5.41, 5.74) is 3.05. The molecule has 2 nitrogen and oxygen atoms in total. The van der Waals surface area contributed by atoms with E-state index >= 15 is 0 Å². The van der Waals surface area contributed by atoms with Gasteiger partial charge in [0.2, 0.25) is 0 Å². The van der Waals surface area contributed by atoms with Gasteiger partial charge < -0.3 is 0 Å². The summed E-state index contributed by atoms with van der Waals surface area (Å²) in [5, 5.41) is 2.47. The fraction of sp³-hybridized carbons (Fsp3) is 0.125. The van der Waals surface area contributed by atoms with Crippen molar-refractivity contribution >= 4 is 10.8 Å². The van der Waals surface area contributed by atoms with Gasteiger partial charge in [-0.25, -0.2) is 4.39 Å². The summed E-state index contributed by atoms with van der Waals surface area (Å²) in [7, 11) is 2.06. The molecule has 1 aromatic heterocycles. The predicted octanol–water partition coefficient (Wildman–Crippen LogP) is 5.60. The first kappa shape index (κ1) is 17.4. The van der Waals surface area contributed by atoms with Gasteiger partial charge in [-0.2, -0.15) is 0 Å². The molecular formula is C24H21FN2. The highest BCUT2D eigenvalue weighted by Crippen LogP contribution is 2.29. The lowest BCUT2D eigenvalue weighted by Gasteiger charge is -2.28. The van der Waals surface area contributed by atoms with Crippen molar-refractivity contribution in [3.8, 4) is 0 Å². The second-order valence-corrected chi connectivity index (χ2v) is 6.77. The van der Waals surface area contributed by atoms with E-state index in [-0.39, 0.29) is 11.9 Å². The van der Waals surface area contributed by atoms with Gasteiger partial charge in [-0.1, -0.05) is 60.7 Å². The molecule has 1 atom stereocenters. The summed E-state index contributed by atoms with van der Waals surface area (Å²) < 4.78 is 13.9. The summed E-state index contributed by atoms with van der Waals surface area (Å²) in [6.45, 7) is 0.735. The average Bonchev–Trinajstić information content (AvgIpc) is 2.69. The van der Waals surface area contributed by atoms with Crippen molar-refractivity contribution in [1.29, 1.82) is 0 Å². The van der Waals surface area contributed by atoms with Crippen LogP contribution in [0.5, 0.6) is 0 Å². The Morgan fingerprint density at radius 3 is 2.48 bits per heavy atom. The lowest BCUT2D eigenvalue weighted by Crippen LogP contribution is -2.26. The van der Waals surface area contributed by atoms with Gasteiger partial charge in [-0.3, -0.25) is 9.88 Å². The number of benzene rings is 3. The first-order valence-corrected chi connectivity index (χ1v) is 9.05. The summed E-state index contributed by atoms with van der Waals surface area (Å²) in [5.74, 6) is -0.230. The third-order valence-corrected chi connectivity index (χ3v) is 4.87. The topological polar surface area (TPSA) is 16.1 Å². The van der Waals surface area contributed by atoms with Crippen LogP contribution in [0.1, 0.15) is 22.9 Å². The van der Waals surface area contributed by atoms with E-state index in [2.05, 4.69) is 59.4 Å². The van der Waals surface area contributed by atoms with Gasteiger partial charge in [0, 0.05) is 12.7 Å². The Bertz CT molecular complexity index is 1040. The van der Waals surface area contributed by atoms with Gasteiger partial charge >= 0.3 is 0 Å². The van der Waals surface area contributed by atoms with Crippen molar-refractivity contribution in [2.45, 2.75) is 12.6 Å². The summed E-state index contributed by atoms with van der Waals surface area (Å²) >= 11 is 0. The molecule has 3 heteroatoms. The van der Waals surface area contributed by atoms with Crippen molar-refractivity contribution < 1.29 is 4.39 Å². The van der Waals surface area contributed by atoms with Crippen molar-refractivity contribution in [3.05, 3.63) is 114 Å². The molecule has 134 valence electrons. The van der Waals surface area contributed by atoms with Crippen molar-refractivity contribution in [3.63, 3.8) is 0 Å². The number of fused-ring (bicyclic) bond motifs is 1. The number of hydrogen-bond acceptors (Lipinski definition) is 2. The molecule has 0 saturated carbocycles. The SMILES string of the molecule is CN(Cc1cccc2ccccc12)C(c1cccc(F)c1)c1ccccn1. The number of aromatic nitrogens is 1. The molecule has 0 aliphatic carbocycles. The molecule has 0 spiro atoms. The molecule has 1 heterocycles. The van der Waals surface area contributed by atoms with Crippen molar-refractivity contribution in [2.75, 3.05) is 7.05 Å². The lowest BCUT2D eigenvalue weighted by atomic mass is 9.99. The van der Waals surface area contributed by atoms with E-state index in [0.29, 0.717) is 0 Å². The van der Waals surface area contributed by atoms with E-state index in [0.717, 1.165) is 17.8 Å². The summed E-state index contributed by atoms with van der Waals surface area (Å²) in [6, 6.07) is 27.3. The second-order valence-electron chi connectivity index (χ2n) is 6.77. The van der Waals surface area contributed by atoms with Crippen LogP contribution in [0.4, 0.5) is 4.39 Å². The second kappa shape index (κ2) is 7.68. The van der Waals surface area contributed by atoms with Gasteiger partial charge in [0.1, 0.15) is 5.82 Å². The maximum absolute atomic E-state index is 13.9. The summed E-state index contributed by atoms with van der Waals surface area (Å²) in [6.07, 6.45) is 1.79.